The molecule has 4 aromatic rings. The lowest BCUT2D eigenvalue weighted by Crippen LogP contribution is -2.40. The molecular formula is C30H24N4O4S. The van der Waals surface area contributed by atoms with Crippen molar-refractivity contribution in [2.75, 3.05) is 19.0 Å². The number of methoxy groups -OCH3 is 1. The number of carbonyl (C=O) groups excluding carboxylic acids is 1. The molecule has 0 saturated heterocycles. The van der Waals surface area contributed by atoms with Gasteiger partial charge in [-0.1, -0.05) is 59.9 Å². The van der Waals surface area contributed by atoms with Crippen LogP contribution in [0.2, 0.25) is 0 Å². The van der Waals surface area contributed by atoms with E-state index in [2.05, 4.69) is 10.3 Å². The first-order valence-electron chi connectivity index (χ1n) is 12.1. The Kier molecular flexibility index (Phi) is 7.39. The summed E-state index contributed by atoms with van der Waals surface area (Å²) in [6, 6.07) is 24.9. The molecule has 1 amide bonds. The number of allylic oxidation sites excluding steroid dienone is 1. The molecule has 0 fully saturated rings. The van der Waals surface area contributed by atoms with Gasteiger partial charge in [-0.25, -0.2) is 4.99 Å². The van der Waals surface area contributed by atoms with Crippen LogP contribution in [0.1, 0.15) is 24.1 Å². The van der Waals surface area contributed by atoms with Crippen LogP contribution in [0, 0.1) is 11.3 Å². The standard InChI is InChI=1S/C30H24N4O4S/c1-19-26(28(35)33-22-11-4-3-5-12-22)27(21-10-8-13-23(17-21)37-2)34-29(36)25(39-30(34)32-19)18-20-9-6-7-14-24(20)38-16-15-31/h3-14,17-18,27H,16H2,1-2H3,(H,33,35)/b25-18-/t27-/m1/s1. The molecule has 5 rings (SSSR count). The maximum Gasteiger partial charge on any atom is 0.271 e. The van der Waals surface area contributed by atoms with Crippen LogP contribution in [0.5, 0.6) is 11.5 Å². The van der Waals surface area contributed by atoms with Gasteiger partial charge in [0.25, 0.3) is 11.5 Å². The number of nitriles is 1. The summed E-state index contributed by atoms with van der Waals surface area (Å²) in [5, 5.41) is 11.9. The average molecular weight is 537 g/mol. The molecule has 0 unspecified atom stereocenters. The second kappa shape index (κ2) is 11.2. The SMILES string of the molecule is COc1cccc([C@@H]2C(C(=O)Nc3ccccc3)=C(C)N=c3s/c(=C\c4ccccc4OCC#N)c(=O)n32)c1. The van der Waals surface area contributed by atoms with Crippen molar-refractivity contribution in [1.82, 2.24) is 4.57 Å². The number of para-hydroxylation sites is 2. The van der Waals surface area contributed by atoms with Crippen molar-refractivity contribution in [1.29, 1.82) is 5.26 Å². The summed E-state index contributed by atoms with van der Waals surface area (Å²) in [5.74, 6) is 0.754. The number of anilines is 1. The van der Waals surface area contributed by atoms with Crippen molar-refractivity contribution in [3.63, 3.8) is 0 Å². The zero-order chi connectivity index (χ0) is 27.4. The van der Waals surface area contributed by atoms with Crippen LogP contribution >= 0.6 is 11.3 Å². The normalized spacial score (nSPS) is 14.7. The molecule has 9 heteroatoms. The monoisotopic (exact) mass is 536 g/mol. The van der Waals surface area contributed by atoms with Gasteiger partial charge in [0.2, 0.25) is 0 Å². The van der Waals surface area contributed by atoms with Crippen molar-refractivity contribution >= 4 is 29.0 Å². The number of benzene rings is 3. The van der Waals surface area contributed by atoms with E-state index in [1.165, 1.54) is 11.3 Å². The van der Waals surface area contributed by atoms with E-state index in [4.69, 9.17) is 14.7 Å². The Labute approximate surface area is 228 Å². The number of thiazole rings is 1. The zero-order valence-electron chi connectivity index (χ0n) is 21.3. The molecule has 1 atom stereocenters. The van der Waals surface area contributed by atoms with Crippen LogP contribution in [0.3, 0.4) is 0 Å². The van der Waals surface area contributed by atoms with Gasteiger partial charge in [-0.2, -0.15) is 5.26 Å². The maximum absolute atomic E-state index is 13.9. The predicted molar refractivity (Wildman–Crippen MR) is 149 cm³/mol. The molecule has 39 heavy (non-hydrogen) atoms. The van der Waals surface area contributed by atoms with Crippen molar-refractivity contribution in [3.05, 3.63) is 121 Å². The second-order valence-corrected chi connectivity index (χ2v) is 9.67. The fraction of sp³-hybridized carbons (Fsp3) is 0.133. The van der Waals surface area contributed by atoms with E-state index in [0.717, 1.165) is 0 Å². The minimum atomic E-state index is -0.729. The summed E-state index contributed by atoms with van der Waals surface area (Å²) in [5.41, 5.74) is 2.60. The van der Waals surface area contributed by atoms with E-state index in [0.29, 0.717) is 48.9 Å². The molecule has 0 radical (unpaired) electrons. The smallest absolute Gasteiger partial charge is 0.271 e. The van der Waals surface area contributed by atoms with Gasteiger partial charge < -0.3 is 14.8 Å². The molecule has 0 saturated carbocycles. The quantitative estimate of drug-likeness (QED) is 0.387. The van der Waals surface area contributed by atoms with Gasteiger partial charge in [-0.3, -0.25) is 14.2 Å². The fourth-order valence-electron chi connectivity index (χ4n) is 4.44. The Morgan fingerprint density at radius 3 is 2.67 bits per heavy atom. The minimum absolute atomic E-state index is 0.110. The number of hydrogen-bond donors (Lipinski definition) is 1. The molecule has 1 N–H and O–H groups in total. The third kappa shape index (κ3) is 5.23. The van der Waals surface area contributed by atoms with E-state index in [9.17, 15) is 9.59 Å². The second-order valence-electron chi connectivity index (χ2n) is 8.66. The maximum atomic E-state index is 13.9. The van der Waals surface area contributed by atoms with Gasteiger partial charge in [-0.15, -0.1) is 0 Å². The van der Waals surface area contributed by atoms with Crippen molar-refractivity contribution < 1.29 is 14.3 Å². The number of fused-ring (bicyclic) bond motifs is 1. The first kappa shape index (κ1) is 25.7. The molecule has 1 aliphatic heterocycles. The predicted octanol–water partition coefficient (Wildman–Crippen LogP) is 3.78. The van der Waals surface area contributed by atoms with Crippen molar-refractivity contribution in [2.45, 2.75) is 13.0 Å². The fourth-order valence-corrected chi connectivity index (χ4v) is 5.48. The highest BCUT2D eigenvalue weighted by Gasteiger charge is 2.32. The number of hydrogen-bond acceptors (Lipinski definition) is 7. The Morgan fingerprint density at radius 2 is 1.90 bits per heavy atom. The van der Waals surface area contributed by atoms with Gasteiger partial charge in [0.15, 0.2) is 11.4 Å². The number of nitrogens with zero attached hydrogens (tertiary/aromatic N) is 3. The highest BCUT2D eigenvalue weighted by Crippen LogP contribution is 2.32. The van der Waals surface area contributed by atoms with Crippen LogP contribution in [0.4, 0.5) is 5.69 Å². The zero-order valence-corrected chi connectivity index (χ0v) is 22.1. The average Bonchev–Trinajstić information content (AvgIpc) is 3.26. The molecule has 194 valence electrons. The van der Waals surface area contributed by atoms with Crippen molar-refractivity contribution in [3.8, 4) is 17.6 Å². The number of ether oxygens (including phenoxy) is 2. The number of amides is 1. The largest absolute Gasteiger partial charge is 0.497 e. The molecule has 1 aliphatic rings. The van der Waals surface area contributed by atoms with E-state index in [1.807, 2.05) is 60.7 Å². The van der Waals surface area contributed by atoms with Crippen molar-refractivity contribution in [2.24, 2.45) is 4.99 Å². The van der Waals surface area contributed by atoms with Crippen LogP contribution in [-0.2, 0) is 4.79 Å². The number of aromatic nitrogens is 1. The molecule has 0 aliphatic carbocycles. The first-order valence-corrected chi connectivity index (χ1v) is 12.9. The summed E-state index contributed by atoms with van der Waals surface area (Å²) in [4.78, 5) is 32.7. The lowest BCUT2D eigenvalue weighted by molar-refractivity contribution is -0.113. The number of carbonyl (C=O) groups is 1. The van der Waals surface area contributed by atoms with Crippen LogP contribution in [0.25, 0.3) is 6.08 Å². The molecular weight excluding hydrogens is 512 g/mol. The lowest BCUT2D eigenvalue weighted by atomic mass is 9.95. The Morgan fingerprint density at radius 1 is 1.13 bits per heavy atom. The first-order chi connectivity index (χ1) is 19.0. The highest BCUT2D eigenvalue weighted by molar-refractivity contribution is 7.07. The summed E-state index contributed by atoms with van der Waals surface area (Å²) in [7, 11) is 1.57. The molecule has 1 aromatic heterocycles. The lowest BCUT2D eigenvalue weighted by Gasteiger charge is -2.25. The van der Waals surface area contributed by atoms with Gasteiger partial charge in [0.1, 0.15) is 17.6 Å². The summed E-state index contributed by atoms with van der Waals surface area (Å²) < 4.78 is 13.0. The van der Waals surface area contributed by atoms with Crippen LogP contribution in [-0.4, -0.2) is 24.2 Å². The molecule has 8 nitrogen and oxygen atoms in total. The van der Waals surface area contributed by atoms with E-state index >= 15 is 0 Å². The van der Waals surface area contributed by atoms with E-state index in [1.54, 1.807) is 48.9 Å². The van der Waals surface area contributed by atoms with Gasteiger partial charge in [0, 0.05) is 11.3 Å². The third-order valence-corrected chi connectivity index (χ3v) is 7.19. The minimum Gasteiger partial charge on any atom is -0.497 e. The van der Waals surface area contributed by atoms with Gasteiger partial charge in [0.05, 0.1) is 29.0 Å². The Bertz CT molecular complexity index is 1800. The topological polar surface area (TPSA) is 106 Å². The summed E-state index contributed by atoms with van der Waals surface area (Å²) in [6.45, 7) is 1.66. The number of rotatable bonds is 7. The molecule has 3 aromatic carbocycles. The van der Waals surface area contributed by atoms with Gasteiger partial charge >= 0.3 is 0 Å². The van der Waals surface area contributed by atoms with Gasteiger partial charge in [-0.05, 0) is 48.9 Å². The molecule has 2 heterocycles. The molecule has 0 bridgehead atoms. The van der Waals surface area contributed by atoms with E-state index in [-0.39, 0.29) is 18.1 Å². The Balaban J connectivity index is 1.68. The van der Waals surface area contributed by atoms with Crippen LogP contribution in [0.15, 0.2) is 99.9 Å². The summed E-state index contributed by atoms with van der Waals surface area (Å²) >= 11 is 1.23. The van der Waals surface area contributed by atoms with Crippen LogP contribution < -0.4 is 29.7 Å². The highest BCUT2D eigenvalue weighted by atomic mass is 32.1. The summed E-state index contributed by atoms with van der Waals surface area (Å²) in [6.07, 6.45) is 1.72. The van der Waals surface area contributed by atoms with E-state index < -0.39 is 6.04 Å². The Hall–Kier alpha value is -4.94. The number of nitrogens with one attached hydrogen (secondary N) is 1. The molecule has 0 spiro atoms. The third-order valence-electron chi connectivity index (χ3n) is 6.21.